The van der Waals surface area contributed by atoms with E-state index in [0.29, 0.717) is 28.7 Å². The van der Waals surface area contributed by atoms with Crippen molar-refractivity contribution in [3.8, 4) is 0 Å². The first-order valence-corrected chi connectivity index (χ1v) is 9.36. The van der Waals surface area contributed by atoms with Gasteiger partial charge in [0.05, 0.1) is 15.1 Å². The lowest BCUT2D eigenvalue weighted by Crippen LogP contribution is -2.30. The zero-order chi connectivity index (χ0) is 17.1. The molecule has 1 N–H and O–H groups in total. The number of hydrogen-bond donors (Lipinski definition) is 1. The highest BCUT2D eigenvalue weighted by atomic mass is 32.1. The minimum Gasteiger partial charge on any atom is -0.339 e. The molecular formula is C17H17N3O2S2. The van der Waals surface area contributed by atoms with Crippen LogP contribution in [0, 0.1) is 0 Å². The Morgan fingerprint density at radius 3 is 2.67 bits per heavy atom. The van der Waals surface area contributed by atoms with Crippen LogP contribution < -0.4 is 5.32 Å². The van der Waals surface area contributed by atoms with E-state index in [9.17, 15) is 9.59 Å². The Morgan fingerprint density at radius 2 is 2.00 bits per heavy atom. The summed E-state index contributed by atoms with van der Waals surface area (Å²) in [6.07, 6.45) is 0. The third kappa shape index (κ3) is 3.32. The highest BCUT2D eigenvalue weighted by Gasteiger charge is 2.15. The maximum atomic E-state index is 12.4. The SMILES string of the molecule is CCN(CC)C(=O)c1ccc2nc(NC(=O)c3cccs3)sc2c1. The third-order valence-corrected chi connectivity index (χ3v) is 5.45. The molecular weight excluding hydrogens is 342 g/mol. The first-order chi connectivity index (χ1) is 11.6. The second kappa shape index (κ2) is 7.11. The summed E-state index contributed by atoms with van der Waals surface area (Å²) in [5.74, 6) is -0.150. The van der Waals surface area contributed by atoms with Gasteiger partial charge in [0.2, 0.25) is 0 Å². The van der Waals surface area contributed by atoms with E-state index < -0.39 is 0 Å². The molecule has 0 saturated carbocycles. The highest BCUT2D eigenvalue weighted by Crippen LogP contribution is 2.28. The number of fused-ring (bicyclic) bond motifs is 1. The van der Waals surface area contributed by atoms with Crippen LogP contribution in [0.3, 0.4) is 0 Å². The van der Waals surface area contributed by atoms with Crippen LogP contribution in [-0.4, -0.2) is 34.8 Å². The first kappa shape index (κ1) is 16.6. The highest BCUT2D eigenvalue weighted by molar-refractivity contribution is 7.22. The van der Waals surface area contributed by atoms with Gasteiger partial charge in [-0.2, -0.15) is 0 Å². The van der Waals surface area contributed by atoms with Gasteiger partial charge in [-0.15, -0.1) is 11.3 Å². The molecule has 0 unspecified atom stereocenters. The Balaban J connectivity index is 1.84. The standard InChI is InChI=1S/C17H17N3O2S2/c1-3-20(4-2)16(22)11-7-8-12-14(10-11)24-17(18-12)19-15(21)13-6-5-9-23-13/h5-10H,3-4H2,1-2H3,(H,18,19,21). The van der Waals surface area contributed by atoms with Gasteiger partial charge in [0.15, 0.2) is 5.13 Å². The Hall–Kier alpha value is -2.25. The molecule has 0 radical (unpaired) electrons. The number of aromatic nitrogens is 1. The van der Waals surface area contributed by atoms with Gasteiger partial charge in [-0.1, -0.05) is 17.4 Å². The average Bonchev–Trinajstić information content (AvgIpc) is 3.24. The molecule has 0 fully saturated rings. The molecule has 0 spiro atoms. The number of nitrogens with zero attached hydrogens (tertiary/aromatic N) is 2. The molecule has 0 aliphatic carbocycles. The number of anilines is 1. The maximum absolute atomic E-state index is 12.4. The van der Waals surface area contributed by atoms with E-state index in [1.807, 2.05) is 37.4 Å². The van der Waals surface area contributed by atoms with Crippen LogP contribution in [0.25, 0.3) is 10.2 Å². The van der Waals surface area contributed by atoms with Crippen LogP contribution in [0.4, 0.5) is 5.13 Å². The van der Waals surface area contributed by atoms with Gasteiger partial charge in [0.25, 0.3) is 11.8 Å². The van der Waals surface area contributed by atoms with Crippen LogP contribution in [0.2, 0.25) is 0 Å². The topological polar surface area (TPSA) is 62.3 Å². The summed E-state index contributed by atoms with van der Waals surface area (Å²) in [4.78, 5) is 31.4. The normalized spacial score (nSPS) is 10.8. The molecule has 0 atom stereocenters. The summed E-state index contributed by atoms with van der Waals surface area (Å²) in [6, 6.07) is 9.06. The van der Waals surface area contributed by atoms with Gasteiger partial charge >= 0.3 is 0 Å². The zero-order valence-corrected chi connectivity index (χ0v) is 15.0. The molecule has 2 aromatic heterocycles. The second-order valence-electron chi connectivity index (χ2n) is 5.11. The van der Waals surface area contributed by atoms with Crippen LogP contribution in [0.1, 0.15) is 33.9 Å². The molecule has 124 valence electrons. The van der Waals surface area contributed by atoms with Crippen molar-refractivity contribution < 1.29 is 9.59 Å². The molecule has 7 heteroatoms. The van der Waals surface area contributed by atoms with E-state index >= 15 is 0 Å². The molecule has 3 aromatic rings. The van der Waals surface area contributed by atoms with Gasteiger partial charge in [-0.3, -0.25) is 14.9 Å². The molecule has 5 nitrogen and oxygen atoms in total. The minimum atomic E-state index is -0.163. The van der Waals surface area contributed by atoms with Crippen molar-refractivity contribution in [2.45, 2.75) is 13.8 Å². The quantitative estimate of drug-likeness (QED) is 0.746. The van der Waals surface area contributed by atoms with E-state index in [2.05, 4.69) is 10.3 Å². The zero-order valence-electron chi connectivity index (χ0n) is 13.4. The van der Waals surface area contributed by atoms with Gasteiger partial charge in [0.1, 0.15) is 0 Å². The fourth-order valence-corrected chi connectivity index (χ4v) is 3.89. The van der Waals surface area contributed by atoms with Crippen molar-refractivity contribution in [3.63, 3.8) is 0 Å². The Bertz CT molecular complexity index is 867. The predicted molar refractivity (Wildman–Crippen MR) is 99.1 cm³/mol. The summed E-state index contributed by atoms with van der Waals surface area (Å²) in [5.41, 5.74) is 1.42. The smallest absolute Gasteiger partial charge is 0.267 e. The summed E-state index contributed by atoms with van der Waals surface area (Å²) in [6.45, 7) is 5.28. The molecule has 0 aliphatic rings. The number of nitrogens with one attached hydrogen (secondary N) is 1. The number of rotatable bonds is 5. The third-order valence-electron chi connectivity index (χ3n) is 3.65. The van der Waals surface area contributed by atoms with Crippen molar-refractivity contribution in [2.24, 2.45) is 0 Å². The lowest BCUT2D eigenvalue weighted by atomic mass is 10.2. The molecule has 0 aliphatic heterocycles. The van der Waals surface area contributed by atoms with E-state index in [1.165, 1.54) is 22.7 Å². The maximum Gasteiger partial charge on any atom is 0.267 e. The fraction of sp³-hybridized carbons (Fsp3) is 0.235. The fourth-order valence-electron chi connectivity index (χ4n) is 2.37. The van der Waals surface area contributed by atoms with E-state index in [0.717, 1.165) is 10.2 Å². The van der Waals surface area contributed by atoms with Gasteiger partial charge < -0.3 is 4.90 Å². The monoisotopic (exact) mass is 359 g/mol. The summed E-state index contributed by atoms with van der Waals surface area (Å²) >= 11 is 2.76. The van der Waals surface area contributed by atoms with Crippen molar-refractivity contribution in [3.05, 3.63) is 46.2 Å². The van der Waals surface area contributed by atoms with E-state index in [-0.39, 0.29) is 11.8 Å². The number of thiophene rings is 1. The molecule has 24 heavy (non-hydrogen) atoms. The molecule has 2 amide bonds. The van der Waals surface area contributed by atoms with Crippen LogP contribution in [-0.2, 0) is 0 Å². The van der Waals surface area contributed by atoms with Gasteiger partial charge in [0, 0.05) is 18.7 Å². The second-order valence-corrected chi connectivity index (χ2v) is 7.09. The lowest BCUT2D eigenvalue weighted by molar-refractivity contribution is 0.0773. The largest absolute Gasteiger partial charge is 0.339 e. The molecule has 0 saturated heterocycles. The molecule has 3 rings (SSSR count). The summed E-state index contributed by atoms with van der Waals surface area (Å²) < 4.78 is 0.884. The van der Waals surface area contributed by atoms with Gasteiger partial charge in [-0.05, 0) is 43.5 Å². The van der Waals surface area contributed by atoms with Crippen molar-refractivity contribution in [1.29, 1.82) is 0 Å². The number of hydrogen-bond acceptors (Lipinski definition) is 5. The van der Waals surface area contributed by atoms with Crippen LogP contribution in [0.5, 0.6) is 0 Å². The van der Waals surface area contributed by atoms with Gasteiger partial charge in [-0.25, -0.2) is 4.98 Å². The van der Waals surface area contributed by atoms with Crippen LogP contribution in [0.15, 0.2) is 35.7 Å². The molecule has 0 bridgehead atoms. The molecule has 2 heterocycles. The lowest BCUT2D eigenvalue weighted by Gasteiger charge is -2.18. The Labute approximate surface area is 147 Å². The number of thiazole rings is 1. The minimum absolute atomic E-state index is 0.0134. The first-order valence-electron chi connectivity index (χ1n) is 7.67. The number of carbonyl (C=O) groups is 2. The van der Waals surface area contributed by atoms with E-state index in [1.54, 1.807) is 17.0 Å². The Kier molecular flexibility index (Phi) is 4.92. The number of carbonyl (C=O) groups excluding carboxylic acids is 2. The average molecular weight is 359 g/mol. The van der Waals surface area contributed by atoms with Crippen molar-refractivity contribution >= 4 is 49.8 Å². The summed E-state index contributed by atoms with van der Waals surface area (Å²) in [5, 5.41) is 5.21. The van der Waals surface area contributed by atoms with Crippen molar-refractivity contribution in [2.75, 3.05) is 18.4 Å². The Morgan fingerprint density at radius 1 is 1.21 bits per heavy atom. The van der Waals surface area contributed by atoms with Crippen LogP contribution >= 0.6 is 22.7 Å². The number of benzene rings is 1. The van der Waals surface area contributed by atoms with E-state index in [4.69, 9.17) is 0 Å². The van der Waals surface area contributed by atoms with Crippen molar-refractivity contribution in [1.82, 2.24) is 9.88 Å². The summed E-state index contributed by atoms with van der Waals surface area (Å²) in [7, 11) is 0. The molecule has 1 aromatic carbocycles. The number of amides is 2. The predicted octanol–water partition coefficient (Wildman–Crippen LogP) is 4.09.